The summed E-state index contributed by atoms with van der Waals surface area (Å²) in [4.78, 5) is 23.3. The molecule has 4 nitrogen and oxygen atoms in total. The summed E-state index contributed by atoms with van der Waals surface area (Å²) in [5.41, 5.74) is -0.241. The molecule has 0 unspecified atom stereocenters. The fourth-order valence-electron chi connectivity index (χ4n) is 2.48. The van der Waals surface area contributed by atoms with Crippen molar-refractivity contribution >= 4 is 11.9 Å². The van der Waals surface area contributed by atoms with Gasteiger partial charge in [-0.05, 0) is 38.5 Å². The first-order valence-electron chi connectivity index (χ1n) is 6.03. The number of esters is 2. The Morgan fingerprint density at radius 3 is 2.76 bits per heavy atom. The molecular formula is C13H18O4. The highest BCUT2D eigenvalue weighted by molar-refractivity contribution is 5.87. The van der Waals surface area contributed by atoms with Crippen LogP contribution in [0.3, 0.4) is 0 Å². The molecule has 17 heavy (non-hydrogen) atoms. The van der Waals surface area contributed by atoms with Crippen LogP contribution in [0, 0.1) is 11.3 Å². The zero-order valence-electron chi connectivity index (χ0n) is 10.2. The number of hydrogen-bond acceptors (Lipinski definition) is 4. The van der Waals surface area contributed by atoms with Gasteiger partial charge in [-0.1, -0.05) is 6.58 Å². The number of rotatable bonds is 3. The van der Waals surface area contributed by atoms with E-state index in [0.29, 0.717) is 18.1 Å². The van der Waals surface area contributed by atoms with E-state index >= 15 is 0 Å². The molecular weight excluding hydrogens is 220 g/mol. The lowest BCUT2D eigenvalue weighted by molar-refractivity contribution is -0.161. The lowest BCUT2D eigenvalue weighted by Gasteiger charge is -2.32. The molecule has 2 aliphatic heterocycles. The van der Waals surface area contributed by atoms with Crippen molar-refractivity contribution in [3.05, 3.63) is 12.2 Å². The van der Waals surface area contributed by atoms with Crippen molar-refractivity contribution in [2.45, 2.75) is 32.6 Å². The lowest BCUT2D eigenvalue weighted by atomic mass is 9.72. The van der Waals surface area contributed by atoms with Gasteiger partial charge in [-0.2, -0.15) is 0 Å². The second kappa shape index (κ2) is 4.51. The molecule has 94 valence electrons. The van der Waals surface area contributed by atoms with Gasteiger partial charge in [0.15, 0.2) is 0 Å². The minimum Gasteiger partial charge on any atom is -0.465 e. The fourth-order valence-corrected chi connectivity index (χ4v) is 2.48. The molecule has 0 aromatic heterocycles. The summed E-state index contributed by atoms with van der Waals surface area (Å²) in [5, 5.41) is 0. The quantitative estimate of drug-likeness (QED) is 0.556. The number of carbonyl (C=O) groups excluding carboxylic acids is 2. The Kier molecular flexibility index (Phi) is 3.22. The molecule has 4 heteroatoms. The maximum Gasteiger partial charge on any atom is 0.333 e. The highest BCUT2D eigenvalue weighted by Crippen LogP contribution is 2.43. The van der Waals surface area contributed by atoms with E-state index in [1.165, 1.54) is 0 Å². The molecule has 0 amide bonds. The Hall–Kier alpha value is -1.32. The average molecular weight is 238 g/mol. The molecule has 2 saturated heterocycles. The number of ether oxygens (including phenoxy) is 2. The molecule has 0 aromatic carbocycles. The predicted octanol–water partition coefficient (Wildman–Crippen LogP) is 1.84. The van der Waals surface area contributed by atoms with Crippen molar-refractivity contribution in [1.29, 1.82) is 0 Å². The van der Waals surface area contributed by atoms with E-state index in [1.807, 2.05) is 0 Å². The van der Waals surface area contributed by atoms with Crippen molar-refractivity contribution < 1.29 is 19.1 Å². The van der Waals surface area contributed by atoms with Gasteiger partial charge in [0.25, 0.3) is 0 Å². The SMILES string of the molecule is C=C(C)C(=O)OCC12CCC(CC1)COC2=O. The van der Waals surface area contributed by atoms with Gasteiger partial charge in [0, 0.05) is 5.57 Å². The van der Waals surface area contributed by atoms with Gasteiger partial charge < -0.3 is 9.47 Å². The topological polar surface area (TPSA) is 52.6 Å². The first kappa shape index (κ1) is 12.1. The molecule has 0 atom stereocenters. The summed E-state index contributed by atoms with van der Waals surface area (Å²) in [6.45, 7) is 5.78. The standard InChI is InChI=1S/C13H18O4/c1-9(2)11(14)17-8-13-5-3-10(4-6-13)7-16-12(13)15/h10H,1,3-8H2,2H3. The summed E-state index contributed by atoms with van der Waals surface area (Å²) < 4.78 is 10.4. The van der Waals surface area contributed by atoms with E-state index < -0.39 is 11.4 Å². The fraction of sp³-hybridized carbons (Fsp3) is 0.692. The monoisotopic (exact) mass is 238 g/mol. The van der Waals surface area contributed by atoms with Crippen LogP contribution in [0.4, 0.5) is 0 Å². The third-order valence-corrected chi connectivity index (χ3v) is 3.77. The van der Waals surface area contributed by atoms with Gasteiger partial charge in [0.2, 0.25) is 0 Å². The molecule has 3 rings (SSSR count). The lowest BCUT2D eigenvalue weighted by Crippen LogP contribution is -2.38. The Morgan fingerprint density at radius 1 is 1.53 bits per heavy atom. The van der Waals surface area contributed by atoms with Crippen LogP contribution in [0.25, 0.3) is 0 Å². The zero-order valence-corrected chi connectivity index (χ0v) is 10.2. The van der Waals surface area contributed by atoms with E-state index in [1.54, 1.807) is 6.92 Å². The molecule has 2 bridgehead atoms. The maximum absolute atomic E-state index is 11.9. The van der Waals surface area contributed by atoms with Crippen LogP contribution < -0.4 is 0 Å². The summed E-state index contributed by atoms with van der Waals surface area (Å²) in [6.07, 6.45) is 3.49. The number of fused-ring (bicyclic) bond motifs is 4. The second-order valence-electron chi connectivity index (χ2n) is 5.18. The van der Waals surface area contributed by atoms with Crippen LogP contribution >= 0.6 is 0 Å². The Labute approximate surface area is 101 Å². The normalized spacial score (nSPS) is 31.6. The Bertz CT molecular complexity index is 350. The average Bonchev–Trinajstić information content (AvgIpc) is 2.57. The van der Waals surface area contributed by atoms with Crippen LogP contribution in [-0.4, -0.2) is 25.2 Å². The number of carbonyl (C=O) groups is 2. The summed E-state index contributed by atoms with van der Waals surface area (Å²) >= 11 is 0. The predicted molar refractivity (Wildman–Crippen MR) is 61.1 cm³/mol. The highest BCUT2D eigenvalue weighted by atomic mass is 16.6. The van der Waals surface area contributed by atoms with Crippen molar-refractivity contribution in [2.75, 3.05) is 13.2 Å². The minimum atomic E-state index is -0.599. The molecule has 1 aliphatic carbocycles. The highest BCUT2D eigenvalue weighted by Gasteiger charge is 2.47. The van der Waals surface area contributed by atoms with Gasteiger partial charge >= 0.3 is 11.9 Å². The third-order valence-electron chi connectivity index (χ3n) is 3.77. The summed E-state index contributed by atoms with van der Waals surface area (Å²) in [7, 11) is 0. The van der Waals surface area contributed by atoms with Crippen LogP contribution in [0.1, 0.15) is 32.6 Å². The van der Waals surface area contributed by atoms with Gasteiger partial charge in [0.1, 0.15) is 12.0 Å². The molecule has 0 N–H and O–H groups in total. The molecule has 0 radical (unpaired) electrons. The molecule has 3 aliphatic rings. The van der Waals surface area contributed by atoms with Crippen molar-refractivity contribution in [1.82, 2.24) is 0 Å². The van der Waals surface area contributed by atoms with Crippen LogP contribution in [0.15, 0.2) is 12.2 Å². The van der Waals surface area contributed by atoms with E-state index in [9.17, 15) is 9.59 Å². The molecule has 1 saturated carbocycles. The van der Waals surface area contributed by atoms with Gasteiger partial charge in [-0.3, -0.25) is 4.79 Å². The first-order chi connectivity index (χ1) is 8.03. The Morgan fingerprint density at radius 2 is 2.18 bits per heavy atom. The third kappa shape index (κ3) is 2.35. The molecule has 0 spiro atoms. The van der Waals surface area contributed by atoms with Gasteiger partial charge in [-0.25, -0.2) is 4.79 Å². The summed E-state index contributed by atoms with van der Waals surface area (Å²) in [5.74, 6) is -0.142. The first-order valence-corrected chi connectivity index (χ1v) is 6.03. The minimum absolute atomic E-state index is 0.129. The van der Waals surface area contributed by atoms with Crippen LogP contribution in [0.2, 0.25) is 0 Å². The zero-order chi connectivity index (χ0) is 12.5. The number of hydrogen-bond donors (Lipinski definition) is 0. The molecule has 3 fully saturated rings. The van der Waals surface area contributed by atoms with Crippen molar-refractivity contribution in [3.63, 3.8) is 0 Å². The van der Waals surface area contributed by atoms with Gasteiger partial charge in [-0.15, -0.1) is 0 Å². The van der Waals surface area contributed by atoms with Gasteiger partial charge in [0.05, 0.1) is 6.61 Å². The van der Waals surface area contributed by atoms with Crippen molar-refractivity contribution in [3.8, 4) is 0 Å². The smallest absolute Gasteiger partial charge is 0.333 e. The summed E-state index contributed by atoms with van der Waals surface area (Å²) in [6, 6.07) is 0. The van der Waals surface area contributed by atoms with E-state index in [4.69, 9.17) is 9.47 Å². The maximum atomic E-state index is 11.9. The van der Waals surface area contributed by atoms with E-state index in [0.717, 1.165) is 25.7 Å². The van der Waals surface area contributed by atoms with E-state index in [2.05, 4.69) is 6.58 Å². The van der Waals surface area contributed by atoms with Crippen molar-refractivity contribution in [2.24, 2.45) is 11.3 Å². The Balaban J connectivity index is 2.03. The van der Waals surface area contributed by atoms with Crippen LogP contribution in [-0.2, 0) is 19.1 Å². The molecule has 2 heterocycles. The van der Waals surface area contributed by atoms with E-state index in [-0.39, 0.29) is 12.6 Å². The van der Waals surface area contributed by atoms with Crippen LogP contribution in [0.5, 0.6) is 0 Å². The second-order valence-corrected chi connectivity index (χ2v) is 5.18. The molecule has 0 aromatic rings. The largest absolute Gasteiger partial charge is 0.465 e.